The van der Waals surface area contributed by atoms with E-state index in [4.69, 9.17) is 4.74 Å². The van der Waals surface area contributed by atoms with Gasteiger partial charge < -0.3 is 25.3 Å². The molecular weight excluding hydrogens is 381 g/mol. The SMILES string of the molecule is CN=C(NCCc1c[nH]c2cc(F)ccc12)NCC(c1cccc(OC)c1)N(C)C. The fourth-order valence-corrected chi connectivity index (χ4v) is 3.54. The van der Waals surface area contributed by atoms with Gasteiger partial charge >= 0.3 is 0 Å². The zero-order chi connectivity index (χ0) is 21.5. The Morgan fingerprint density at radius 1 is 1.20 bits per heavy atom. The van der Waals surface area contributed by atoms with Crippen LogP contribution in [0.4, 0.5) is 4.39 Å². The summed E-state index contributed by atoms with van der Waals surface area (Å²) in [7, 11) is 7.56. The largest absolute Gasteiger partial charge is 0.497 e. The molecule has 0 fully saturated rings. The number of fused-ring (bicyclic) bond motifs is 1. The number of halogens is 1. The molecule has 1 aromatic heterocycles. The van der Waals surface area contributed by atoms with E-state index in [1.165, 1.54) is 17.7 Å². The lowest BCUT2D eigenvalue weighted by Crippen LogP contribution is -2.42. The van der Waals surface area contributed by atoms with Gasteiger partial charge in [0.15, 0.2) is 5.96 Å². The van der Waals surface area contributed by atoms with E-state index in [1.54, 1.807) is 14.2 Å². The van der Waals surface area contributed by atoms with E-state index in [1.807, 2.05) is 24.4 Å². The molecule has 0 aliphatic carbocycles. The first kappa shape index (κ1) is 21.6. The van der Waals surface area contributed by atoms with Crippen LogP contribution in [0.25, 0.3) is 10.9 Å². The minimum atomic E-state index is -0.231. The van der Waals surface area contributed by atoms with Gasteiger partial charge in [0.2, 0.25) is 0 Å². The summed E-state index contributed by atoms with van der Waals surface area (Å²) in [5.41, 5.74) is 3.14. The molecule has 1 unspecified atom stereocenters. The maximum Gasteiger partial charge on any atom is 0.191 e. The number of benzene rings is 2. The zero-order valence-electron chi connectivity index (χ0n) is 18.0. The molecule has 2 aromatic carbocycles. The number of H-pyrrole nitrogens is 1. The van der Waals surface area contributed by atoms with Gasteiger partial charge in [-0.1, -0.05) is 12.1 Å². The molecule has 0 aliphatic heterocycles. The monoisotopic (exact) mass is 411 g/mol. The van der Waals surface area contributed by atoms with Gasteiger partial charge in [0.1, 0.15) is 11.6 Å². The highest BCUT2D eigenvalue weighted by Gasteiger charge is 2.15. The maximum absolute atomic E-state index is 13.4. The second kappa shape index (κ2) is 10.1. The van der Waals surface area contributed by atoms with Crippen LogP contribution in [0.2, 0.25) is 0 Å². The van der Waals surface area contributed by atoms with Gasteiger partial charge in [-0.05, 0) is 62.0 Å². The van der Waals surface area contributed by atoms with E-state index in [9.17, 15) is 4.39 Å². The number of hydrogen-bond acceptors (Lipinski definition) is 3. The quantitative estimate of drug-likeness (QED) is 0.393. The Kier molecular flexibility index (Phi) is 7.30. The summed E-state index contributed by atoms with van der Waals surface area (Å²) >= 11 is 0. The molecule has 0 radical (unpaired) electrons. The molecule has 0 bridgehead atoms. The summed E-state index contributed by atoms with van der Waals surface area (Å²) in [4.78, 5) is 9.63. The Bertz CT molecular complexity index is 998. The normalized spacial score (nSPS) is 12.9. The van der Waals surface area contributed by atoms with Crippen molar-refractivity contribution < 1.29 is 9.13 Å². The highest BCUT2D eigenvalue weighted by molar-refractivity contribution is 5.83. The Labute approximate surface area is 177 Å². The van der Waals surface area contributed by atoms with Gasteiger partial charge in [-0.15, -0.1) is 0 Å². The number of aromatic nitrogens is 1. The average Bonchev–Trinajstić information content (AvgIpc) is 3.14. The minimum absolute atomic E-state index is 0.169. The molecule has 3 rings (SSSR count). The molecule has 0 spiro atoms. The van der Waals surface area contributed by atoms with Gasteiger partial charge in [0.25, 0.3) is 0 Å². The first-order valence-electron chi connectivity index (χ1n) is 10.0. The first-order chi connectivity index (χ1) is 14.5. The Hall–Kier alpha value is -3.06. The van der Waals surface area contributed by atoms with Crippen molar-refractivity contribution in [2.45, 2.75) is 12.5 Å². The van der Waals surface area contributed by atoms with E-state index in [-0.39, 0.29) is 11.9 Å². The van der Waals surface area contributed by atoms with Crippen LogP contribution in [-0.2, 0) is 6.42 Å². The molecule has 7 heteroatoms. The minimum Gasteiger partial charge on any atom is -0.497 e. The number of nitrogens with zero attached hydrogens (tertiary/aromatic N) is 2. The van der Waals surface area contributed by atoms with Crippen LogP contribution in [0.5, 0.6) is 5.75 Å². The van der Waals surface area contributed by atoms with Crippen LogP contribution in [0, 0.1) is 5.82 Å². The molecule has 0 aliphatic rings. The van der Waals surface area contributed by atoms with Gasteiger partial charge in [0.05, 0.1) is 13.2 Å². The highest BCUT2D eigenvalue weighted by atomic mass is 19.1. The molecule has 3 N–H and O–H groups in total. The lowest BCUT2D eigenvalue weighted by atomic mass is 10.1. The van der Waals surface area contributed by atoms with Crippen LogP contribution in [0.15, 0.2) is 53.7 Å². The Morgan fingerprint density at radius 3 is 2.77 bits per heavy atom. The van der Waals surface area contributed by atoms with E-state index in [2.05, 4.69) is 51.7 Å². The first-order valence-corrected chi connectivity index (χ1v) is 10.0. The summed E-state index contributed by atoms with van der Waals surface area (Å²) in [6, 6.07) is 13.1. The van der Waals surface area contributed by atoms with Crippen molar-refractivity contribution in [3.05, 3.63) is 65.6 Å². The third-order valence-electron chi connectivity index (χ3n) is 5.20. The third kappa shape index (κ3) is 5.30. The number of likely N-dealkylation sites (N-methyl/N-ethyl adjacent to an activating group) is 1. The second-order valence-corrected chi connectivity index (χ2v) is 7.39. The number of hydrogen-bond donors (Lipinski definition) is 3. The molecule has 30 heavy (non-hydrogen) atoms. The topological polar surface area (TPSA) is 64.7 Å². The van der Waals surface area contributed by atoms with Gasteiger partial charge in [-0.3, -0.25) is 4.99 Å². The van der Waals surface area contributed by atoms with E-state index < -0.39 is 0 Å². The van der Waals surface area contributed by atoms with Crippen LogP contribution in [0.1, 0.15) is 17.2 Å². The third-order valence-corrected chi connectivity index (χ3v) is 5.20. The number of guanidine groups is 1. The lowest BCUT2D eigenvalue weighted by molar-refractivity contribution is 0.297. The van der Waals surface area contributed by atoms with Crippen molar-refractivity contribution in [2.75, 3.05) is 41.3 Å². The van der Waals surface area contributed by atoms with Crippen molar-refractivity contribution in [3.63, 3.8) is 0 Å². The van der Waals surface area contributed by atoms with Crippen molar-refractivity contribution in [1.29, 1.82) is 0 Å². The molecule has 3 aromatic rings. The standard InChI is InChI=1S/C23H30FN5O/c1-25-23(26-11-10-17-14-27-21-13-18(24)8-9-20(17)21)28-15-22(29(2)3)16-6-5-7-19(12-16)30-4/h5-9,12-14,22,27H,10-11,15H2,1-4H3,(H2,25,26,28). The molecule has 1 atom stereocenters. The second-order valence-electron chi connectivity index (χ2n) is 7.39. The predicted octanol–water partition coefficient (Wildman–Crippen LogP) is 3.33. The molecule has 0 amide bonds. The van der Waals surface area contributed by atoms with Crippen molar-refractivity contribution in [3.8, 4) is 5.75 Å². The summed E-state index contributed by atoms with van der Waals surface area (Å²) in [5, 5.41) is 7.82. The number of aromatic amines is 1. The summed E-state index contributed by atoms with van der Waals surface area (Å²) < 4.78 is 18.7. The summed E-state index contributed by atoms with van der Waals surface area (Å²) in [5.74, 6) is 1.36. The number of ether oxygens (including phenoxy) is 1. The smallest absolute Gasteiger partial charge is 0.191 e. The van der Waals surface area contributed by atoms with Crippen LogP contribution in [-0.4, -0.2) is 57.2 Å². The fourth-order valence-electron chi connectivity index (χ4n) is 3.54. The maximum atomic E-state index is 13.4. The number of methoxy groups -OCH3 is 1. The van der Waals surface area contributed by atoms with E-state index in [0.29, 0.717) is 6.54 Å². The van der Waals surface area contributed by atoms with Crippen molar-refractivity contribution >= 4 is 16.9 Å². The molecule has 6 nitrogen and oxygen atoms in total. The van der Waals surface area contributed by atoms with Gasteiger partial charge in [-0.2, -0.15) is 0 Å². The Morgan fingerprint density at radius 2 is 2.03 bits per heavy atom. The lowest BCUT2D eigenvalue weighted by Gasteiger charge is -2.26. The number of rotatable bonds is 8. The molecule has 0 saturated heterocycles. The van der Waals surface area contributed by atoms with Gasteiger partial charge in [0, 0.05) is 37.2 Å². The predicted molar refractivity (Wildman–Crippen MR) is 121 cm³/mol. The highest BCUT2D eigenvalue weighted by Crippen LogP contribution is 2.22. The van der Waals surface area contributed by atoms with Crippen molar-refractivity contribution in [2.24, 2.45) is 4.99 Å². The molecule has 1 heterocycles. The van der Waals surface area contributed by atoms with Crippen LogP contribution < -0.4 is 15.4 Å². The van der Waals surface area contributed by atoms with Crippen LogP contribution in [0.3, 0.4) is 0 Å². The average molecular weight is 412 g/mol. The van der Waals surface area contributed by atoms with Crippen molar-refractivity contribution in [1.82, 2.24) is 20.5 Å². The summed E-state index contributed by atoms with van der Waals surface area (Å²) in [6.07, 6.45) is 2.74. The number of nitrogens with one attached hydrogen (secondary N) is 3. The van der Waals surface area contributed by atoms with Gasteiger partial charge in [-0.25, -0.2) is 4.39 Å². The van der Waals surface area contributed by atoms with E-state index >= 15 is 0 Å². The fraction of sp³-hybridized carbons (Fsp3) is 0.348. The molecule has 160 valence electrons. The summed E-state index contributed by atoms with van der Waals surface area (Å²) in [6.45, 7) is 1.42. The Balaban J connectivity index is 1.56. The molecule has 0 saturated carbocycles. The number of aliphatic imine (C=N–C) groups is 1. The van der Waals surface area contributed by atoms with Crippen LogP contribution >= 0.6 is 0 Å². The molecular formula is C23H30FN5O. The van der Waals surface area contributed by atoms with E-state index in [0.717, 1.165) is 41.1 Å². The zero-order valence-corrected chi connectivity index (χ0v) is 18.0.